The first-order valence-electron chi connectivity index (χ1n) is 8.88. The van der Waals surface area contributed by atoms with Gasteiger partial charge in [0.1, 0.15) is 5.82 Å². The van der Waals surface area contributed by atoms with Gasteiger partial charge in [-0.15, -0.1) is 0 Å². The number of carbonyl (C=O) groups is 2. The molecule has 2 heterocycles. The monoisotopic (exact) mass is 377 g/mol. The van der Waals surface area contributed by atoms with E-state index in [-0.39, 0.29) is 24.3 Å². The lowest BCUT2D eigenvalue weighted by Gasteiger charge is -2.37. The highest BCUT2D eigenvalue weighted by Crippen LogP contribution is 2.17. The van der Waals surface area contributed by atoms with Crippen LogP contribution in [0, 0.1) is 0 Å². The Morgan fingerprint density at radius 3 is 3.04 bits per heavy atom. The zero-order chi connectivity index (χ0) is 18.7. The molecule has 3 rings (SSSR count). The maximum absolute atomic E-state index is 12.3. The summed E-state index contributed by atoms with van der Waals surface area (Å²) in [5.41, 5.74) is 1.73. The Morgan fingerprint density at radius 1 is 1.46 bits per heavy atom. The number of imidazole rings is 1. The summed E-state index contributed by atoms with van der Waals surface area (Å²) in [5.74, 6) is 0.591. The molecule has 1 aromatic carbocycles. The molecule has 140 valence electrons. The molecule has 3 N–H and O–H groups in total. The molecule has 1 atom stereocenters. The third kappa shape index (κ3) is 4.34. The third-order valence-electron chi connectivity index (χ3n) is 4.59. The van der Waals surface area contributed by atoms with Crippen molar-refractivity contribution in [2.24, 2.45) is 0 Å². The van der Waals surface area contributed by atoms with Gasteiger partial charge in [-0.25, -0.2) is 4.98 Å². The van der Waals surface area contributed by atoms with Gasteiger partial charge in [0, 0.05) is 37.1 Å². The number of aromatic nitrogens is 2. The first-order valence-corrected chi connectivity index (χ1v) is 9.26. The minimum absolute atomic E-state index is 0.0748. The molecule has 0 bridgehead atoms. The third-order valence-corrected chi connectivity index (χ3v) is 4.83. The van der Waals surface area contributed by atoms with Crippen molar-refractivity contribution in [3.8, 4) is 0 Å². The number of piperazine rings is 1. The van der Waals surface area contributed by atoms with Gasteiger partial charge in [0.05, 0.1) is 23.5 Å². The lowest BCUT2D eigenvalue weighted by molar-refractivity contribution is -0.134. The Bertz CT molecular complexity index is 804. The van der Waals surface area contributed by atoms with Crippen LogP contribution in [0.3, 0.4) is 0 Å². The minimum Gasteiger partial charge on any atom is -0.356 e. The van der Waals surface area contributed by atoms with Crippen LogP contribution in [0.15, 0.2) is 18.2 Å². The molecule has 8 heteroatoms. The van der Waals surface area contributed by atoms with Crippen LogP contribution in [0.2, 0.25) is 5.02 Å². The number of hydrogen-bond donors (Lipinski definition) is 3. The highest BCUT2D eigenvalue weighted by Gasteiger charge is 2.32. The number of carbonyl (C=O) groups excluding carboxylic acids is 2. The lowest BCUT2D eigenvalue weighted by Crippen LogP contribution is -2.58. The average molecular weight is 378 g/mol. The lowest BCUT2D eigenvalue weighted by atomic mass is 10.1. The Hall–Kier alpha value is -2.12. The molecule has 0 aliphatic carbocycles. The normalized spacial score (nSPS) is 18.3. The van der Waals surface area contributed by atoms with E-state index >= 15 is 0 Å². The second kappa shape index (κ2) is 8.05. The van der Waals surface area contributed by atoms with Gasteiger partial charge in [-0.05, 0) is 32.0 Å². The van der Waals surface area contributed by atoms with E-state index in [1.807, 2.05) is 26.0 Å². The van der Waals surface area contributed by atoms with Crippen molar-refractivity contribution < 1.29 is 9.59 Å². The fourth-order valence-corrected chi connectivity index (χ4v) is 3.45. The Kier molecular flexibility index (Phi) is 5.78. The zero-order valence-electron chi connectivity index (χ0n) is 15.0. The van der Waals surface area contributed by atoms with Crippen molar-refractivity contribution in [1.29, 1.82) is 0 Å². The quantitative estimate of drug-likeness (QED) is 0.711. The second-order valence-corrected chi connectivity index (χ2v) is 7.22. The summed E-state index contributed by atoms with van der Waals surface area (Å²) in [4.78, 5) is 34.1. The number of halogens is 1. The molecule has 0 radical (unpaired) electrons. The topological polar surface area (TPSA) is 90.1 Å². The summed E-state index contributed by atoms with van der Waals surface area (Å²) in [6.45, 7) is 5.94. The predicted octanol–water partition coefficient (Wildman–Crippen LogP) is 1.47. The summed E-state index contributed by atoms with van der Waals surface area (Å²) < 4.78 is 0. The van der Waals surface area contributed by atoms with Crippen LogP contribution in [0.25, 0.3) is 11.0 Å². The van der Waals surface area contributed by atoms with Crippen LogP contribution in [-0.2, 0) is 16.0 Å². The van der Waals surface area contributed by atoms with E-state index in [9.17, 15) is 9.59 Å². The van der Waals surface area contributed by atoms with Gasteiger partial charge in [-0.1, -0.05) is 11.6 Å². The molecule has 1 aliphatic rings. The number of benzene rings is 1. The van der Waals surface area contributed by atoms with Crippen molar-refractivity contribution in [2.45, 2.75) is 38.8 Å². The highest BCUT2D eigenvalue weighted by molar-refractivity contribution is 6.31. The minimum atomic E-state index is -0.405. The second-order valence-electron chi connectivity index (χ2n) is 6.79. The molecule has 2 aromatic rings. The molecule has 1 aliphatic heterocycles. The fourth-order valence-electron chi connectivity index (χ4n) is 3.28. The molecule has 1 saturated heterocycles. The largest absolute Gasteiger partial charge is 0.356 e. The van der Waals surface area contributed by atoms with E-state index in [4.69, 9.17) is 11.6 Å². The number of hydrogen-bond acceptors (Lipinski definition) is 4. The summed E-state index contributed by atoms with van der Waals surface area (Å²) in [6, 6.07) is 5.30. The molecule has 2 amide bonds. The molecule has 26 heavy (non-hydrogen) atoms. The number of nitrogens with zero attached hydrogens (tertiary/aromatic N) is 2. The van der Waals surface area contributed by atoms with Gasteiger partial charge in [0.25, 0.3) is 0 Å². The highest BCUT2D eigenvalue weighted by atomic mass is 35.5. The first kappa shape index (κ1) is 18.7. The molecule has 0 saturated carbocycles. The Labute approximate surface area is 157 Å². The van der Waals surface area contributed by atoms with Gasteiger partial charge in [0.2, 0.25) is 11.8 Å². The number of aromatic amines is 1. The van der Waals surface area contributed by atoms with Crippen LogP contribution in [0.4, 0.5) is 0 Å². The first-order chi connectivity index (χ1) is 12.4. The van der Waals surface area contributed by atoms with Crippen molar-refractivity contribution >= 4 is 34.4 Å². The average Bonchev–Trinajstić information content (AvgIpc) is 2.98. The van der Waals surface area contributed by atoms with Crippen molar-refractivity contribution in [2.75, 3.05) is 19.6 Å². The molecular formula is C18H24ClN5O2. The smallest absolute Gasteiger partial charge is 0.237 e. The summed E-state index contributed by atoms with van der Waals surface area (Å²) in [6.07, 6.45) is 0.753. The van der Waals surface area contributed by atoms with Crippen LogP contribution in [0.1, 0.15) is 26.1 Å². The molecule has 7 nitrogen and oxygen atoms in total. The number of amides is 2. The van der Waals surface area contributed by atoms with E-state index in [0.717, 1.165) is 23.4 Å². The van der Waals surface area contributed by atoms with Gasteiger partial charge in [-0.3, -0.25) is 14.5 Å². The van der Waals surface area contributed by atoms with E-state index in [1.165, 1.54) is 0 Å². The van der Waals surface area contributed by atoms with Gasteiger partial charge < -0.3 is 15.6 Å². The summed E-state index contributed by atoms with van der Waals surface area (Å²) in [7, 11) is 0. The molecule has 0 unspecified atom stereocenters. The van der Waals surface area contributed by atoms with Crippen LogP contribution >= 0.6 is 11.6 Å². The summed E-state index contributed by atoms with van der Waals surface area (Å²) in [5, 5.41) is 6.37. The standard InChI is InChI=1S/C18H24ClN5O2/c1-11(2)24-8-7-21-18(26)15(24)10-17(25)20-6-5-16-22-13-4-3-12(19)9-14(13)23-16/h3-4,9,11,15H,5-8,10H2,1-2H3,(H,20,25)(H,21,26)(H,22,23)/t15-/m1/s1. The van der Waals surface area contributed by atoms with Crippen molar-refractivity contribution in [3.63, 3.8) is 0 Å². The number of rotatable bonds is 6. The van der Waals surface area contributed by atoms with Crippen molar-refractivity contribution in [1.82, 2.24) is 25.5 Å². The van der Waals surface area contributed by atoms with Crippen LogP contribution in [-0.4, -0.2) is 58.4 Å². The SMILES string of the molecule is CC(C)N1CCNC(=O)[C@H]1CC(=O)NCCc1nc2ccc(Cl)cc2[nH]1. The van der Waals surface area contributed by atoms with Crippen LogP contribution < -0.4 is 10.6 Å². The van der Waals surface area contributed by atoms with E-state index in [1.54, 1.807) is 6.07 Å². The molecule has 1 fully saturated rings. The van der Waals surface area contributed by atoms with Crippen molar-refractivity contribution in [3.05, 3.63) is 29.0 Å². The maximum atomic E-state index is 12.3. The van der Waals surface area contributed by atoms with Gasteiger partial charge in [0.15, 0.2) is 0 Å². The van der Waals surface area contributed by atoms with E-state index in [2.05, 4.69) is 25.5 Å². The zero-order valence-corrected chi connectivity index (χ0v) is 15.8. The Morgan fingerprint density at radius 2 is 2.27 bits per heavy atom. The van der Waals surface area contributed by atoms with Crippen LogP contribution in [0.5, 0.6) is 0 Å². The number of H-pyrrole nitrogens is 1. The number of nitrogens with one attached hydrogen (secondary N) is 3. The maximum Gasteiger partial charge on any atom is 0.237 e. The number of fused-ring (bicyclic) bond motifs is 1. The van der Waals surface area contributed by atoms with Gasteiger partial charge >= 0.3 is 0 Å². The fraction of sp³-hybridized carbons (Fsp3) is 0.500. The van der Waals surface area contributed by atoms with Gasteiger partial charge in [-0.2, -0.15) is 0 Å². The van der Waals surface area contributed by atoms with E-state index in [0.29, 0.717) is 24.5 Å². The molecule has 0 spiro atoms. The predicted molar refractivity (Wildman–Crippen MR) is 101 cm³/mol. The molecular weight excluding hydrogens is 354 g/mol. The Balaban J connectivity index is 1.52. The molecule has 1 aromatic heterocycles. The van der Waals surface area contributed by atoms with E-state index < -0.39 is 6.04 Å². The summed E-state index contributed by atoms with van der Waals surface area (Å²) >= 11 is 5.97.